The molecule has 0 saturated carbocycles. The number of aromatic nitrogens is 10. The Labute approximate surface area is 813 Å². The molecule has 0 spiro atoms. The molecular weight excluding hydrogens is 1730 g/mol. The molecule has 0 radical (unpaired) electrons. The molecule has 142 heavy (non-hydrogen) atoms. The Hall–Kier alpha value is -19.2. The minimum absolute atomic E-state index is 0.554. The van der Waals surface area contributed by atoms with Crippen molar-refractivity contribution >= 4 is 152 Å². The topological polar surface area (TPSA) is 118 Å². The standard InChI is InChI=1S/C131H78N10O/c1-5-30-81(31-6-1)113-78-114(82-32-7-2-8-33-82)133-130(132-113)94-71-95(139-115-51-23-19-45-102(115)103-46-20-24-52-116(103)139)77-96(72-94)140-118-67-62-89(79-55-57-83(58-56-79)123-108-66-59-80-29-13-14-42-97(80)124(108)135-131(134-123)141-117-53-25-21-49-106(117)121-104-47-17-18-48-105(104)122-107-50-22-26-54-120(107)142-126(122)125(121)141)75-111(118)112-76-92(63-68-119(112)140)91-61-65-101-109(74-91)99-44-16-15-43-98(99)100-64-60-90(73-110(100)101)87-39-27-38-86(69-87)88-40-28-41-93(70-88)129-137-127(84-34-9-3-10-35-84)136-128(138-129)85-36-11-4-12-37-85/h1-78H. The highest BCUT2D eigenvalue weighted by Crippen LogP contribution is 2.50. The Kier molecular flexibility index (Phi) is 18.2. The molecule has 11 heteroatoms. The Morgan fingerprint density at radius 1 is 0.176 bits per heavy atom. The number of furan rings is 1. The van der Waals surface area contributed by atoms with E-state index in [0.29, 0.717) is 29.2 Å². The lowest BCUT2D eigenvalue weighted by Crippen LogP contribution is -2.04. The molecule has 0 fully saturated rings. The number of nitrogens with zero attached hydrogens (tertiary/aromatic N) is 10. The number of hydrogen-bond donors (Lipinski definition) is 0. The molecule has 0 aliphatic rings. The monoisotopic (exact) mass is 1810 g/mol. The molecule has 658 valence electrons. The minimum Gasteiger partial charge on any atom is -0.454 e. The fourth-order valence-electron chi connectivity index (χ4n) is 22.2. The SMILES string of the molecule is c1ccc(-c2cc(-c3ccccc3)nc(-c3cc(-n4c5ccccc5c5ccccc54)cc(-n4c5ccc(-c6ccc(-c7nc(-n8c9ccccc9c9c%10ccccc%10c%10c%11ccccc%11oc%10c98)nc8c7ccc7ccccc78)cc6)cc5c5cc(-c6ccc7c8cc(-c9cccc(-c%10cccc(-c%11nc(-c%12ccccc%12)nc(-c%12ccccc%12)n%11)c%10)c9)ccc8c8ccccc8c7c6)ccc54)c3)n2)cc1. The highest BCUT2D eigenvalue weighted by atomic mass is 16.3. The first-order chi connectivity index (χ1) is 70.4. The van der Waals surface area contributed by atoms with Gasteiger partial charge < -0.3 is 13.6 Å². The molecule has 0 atom stereocenters. The first-order valence-corrected chi connectivity index (χ1v) is 48.1. The second kappa shape index (κ2) is 32.2. The van der Waals surface area contributed by atoms with Crippen LogP contribution in [0.1, 0.15) is 0 Å². The van der Waals surface area contributed by atoms with Crippen LogP contribution in [0.2, 0.25) is 0 Å². The Morgan fingerprint density at radius 2 is 0.549 bits per heavy atom. The van der Waals surface area contributed by atoms with Gasteiger partial charge in [-0.2, -0.15) is 0 Å². The average molecular weight is 1810 g/mol. The lowest BCUT2D eigenvalue weighted by molar-refractivity contribution is 0.671. The van der Waals surface area contributed by atoms with Gasteiger partial charge in [-0.25, -0.2) is 34.9 Å². The number of rotatable bonds is 14. The highest BCUT2D eigenvalue weighted by Gasteiger charge is 2.29. The smallest absolute Gasteiger partial charge is 0.235 e. The van der Waals surface area contributed by atoms with Crippen LogP contribution < -0.4 is 0 Å². The van der Waals surface area contributed by atoms with Crippen LogP contribution in [0.5, 0.6) is 0 Å². The van der Waals surface area contributed by atoms with Crippen molar-refractivity contribution in [3.63, 3.8) is 0 Å². The second-order valence-electron chi connectivity index (χ2n) is 36.9. The Balaban J connectivity index is 0.603. The molecule has 0 bridgehead atoms. The van der Waals surface area contributed by atoms with Crippen LogP contribution >= 0.6 is 0 Å². The molecule has 0 saturated heterocycles. The first kappa shape index (κ1) is 80.1. The molecule has 11 nitrogen and oxygen atoms in total. The molecule has 29 rings (SSSR count). The third kappa shape index (κ3) is 13.0. The molecule has 22 aromatic carbocycles. The molecule has 0 aliphatic carbocycles. The fraction of sp³-hybridized carbons (Fsp3) is 0. The number of para-hydroxylation sites is 4. The molecule has 7 heterocycles. The van der Waals surface area contributed by atoms with Crippen molar-refractivity contribution in [3.05, 3.63) is 473 Å². The Morgan fingerprint density at radius 3 is 1.12 bits per heavy atom. The molecule has 0 N–H and O–H groups in total. The lowest BCUT2D eigenvalue weighted by atomic mass is 9.90. The predicted octanol–water partition coefficient (Wildman–Crippen LogP) is 33.9. The van der Waals surface area contributed by atoms with Gasteiger partial charge in [-0.15, -0.1) is 0 Å². The summed E-state index contributed by atoms with van der Waals surface area (Å²) in [5, 5.41) is 21.3. The van der Waals surface area contributed by atoms with E-state index in [-0.39, 0.29) is 0 Å². The molecular formula is C131H78N10O. The van der Waals surface area contributed by atoms with Crippen LogP contribution in [0.3, 0.4) is 0 Å². The van der Waals surface area contributed by atoms with E-state index in [4.69, 9.17) is 39.3 Å². The van der Waals surface area contributed by atoms with Crippen LogP contribution in [-0.2, 0) is 0 Å². The minimum atomic E-state index is 0.554. The fourth-order valence-corrected chi connectivity index (χ4v) is 22.2. The summed E-state index contributed by atoms with van der Waals surface area (Å²) in [6.07, 6.45) is 0. The van der Waals surface area contributed by atoms with Gasteiger partial charge in [0, 0.05) is 104 Å². The summed E-state index contributed by atoms with van der Waals surface area (Å²) < 4.78 is 14.2. The van der Waals surface area contributed by atoms with E-state index < -0.39 is 0 Å². The largest absolute Gasteiger partial charge is 0.454 e. The quantitative estimate of drug-likeness (QED) is 0.0988. The van der Waals surface area contributed by atoms with Crippen molar-refractivity contribution in [2.75, 3.05) is 0 Å². The highest BCUT2D eigenvalue weighted by molar-refractivity contribution is 6.35. The van der Waals surface area contributed by atoms with E-state index in [9.17, 15) is 0 Å². The van der Waals surface area contributed by atoms with E-state index in [2.05, 4.69) is 420 Å². The van der Waals surface area contributed by atoms with Crippen molar-refractivity contribution in [2.45, 2.75) is 0 Å². The van der Waals surface area contributed by atoms with Crippen LogP contribution in [-0.4, -0.2) is 48.6 Å². The van der Waals surface area contributed by atoms with Crippen LogP contribution in [0.15, 0.2) is 478 Å². The van der Waals surface area contributed by atoms with Crippen molar-refractivity contribution in [3.8, 4) is 141 Å². The summed E-state index contributed by atoms with van der Waals surface area (Å²) >= 11 is 0. The summed E-state index contributed by atoms with van der Waals surface area (Å²) in [6.45, 7) is 0. The second-order valence-corrected chi connectivity index (χ2v) is 36.9. The summed E-state index contributed by atoms with van der Waals surface area (Å²) in [7, 11) is 0. The van der Waals surface area contributed by atoms with E-state index in [1.165, 1.54) is 43.1 Å². The van der Waals surface area contributed by atoms with Crippen molar-refractivity contribution in [1.29, 1.82) is 0 Å². The summed E-state index contributed by atoms with van der Waals surface area (Å²) in [4.78, 5) is 37.9. The molecule has 7 aromatic heterocycles. The maximum atomic E-state index is 7.09. The van der Waals surface area contributed by atoms with Gasteiger partial charge in [0.25, 0.3) is 0 Å². The normalized spacial score (nSPS) is 11.9. The molecule has 0 aliphatic heterocycles. The van der Waals surface area contributed by atoms with Gasteiger partial charge in [-0.3, -0.25) is 4.57 Å². The van der Waals surface area contributed by atoms with Crippen LogP contribution in [0, 0.1) is 0 Å². The summed E-state index contributed by atoms with van der Waals surface area (Å²) in [5.74, 6) is 3.02. The van der Waals surface area contributed by atoms with Gasteiger partial charge in [0.1, 0.15) is 11.1 Å². The first-order valence-electron chi connectivity index (χ1n) is 48.1. The van der Waals surface area contributed by atoms with E-state index in [1.807, 2.05) is 66.7 Å². The van der Waals surface area contributed by atoms with Gasteiger partial charge in [0.2, 0.25) is 5.95 Å². The van der Waals surface area contributed by atoms with E-state index in [1.54, 1.807) is 0 Å². The zero-order valence-corrected chi connectivity index (χ0v) is 76.4. The van der Waals surface area contributed by atoms with E-state index in [0.717, 1.165) is 221 Å². The molecule has 0 unspecified atom stereocenters. The number of fused-ring (bicyclic) bond motifs is 25. The number of benzene rings is 22. The van der Waals surface area contributed by atoms with Gasteiger partial charge in [-0.1, -0.05) is 370 Å². The zero-order valence-electron chi connectivity index (χ0n) is 76.4. The maximum absolute atomic E-state index is 7.09. The van der Waals surface area contributed by atoms with Crippen molar-refractivity contribution in [2.24, 2.45) is 0 Å². The predicted molar refractivity (Wildman–Crippen MR) is 586 cm³/mol. The zero-order chi connectivity index (χ0) is 93.1. The lowest BCUT2D eigenvalue weighted by Gasteiger charge is -2.16. The van der Waals surface area contributed by atoms with Gasteiger partial charge in [0.15, 0.2) is 28.9 Å². The van der Waals surface area contributed by atoms with Crippen molar-refractivity contribution in [1.82, 2.24) is 48.6 Å². The summed E-state index contributed by atoms with van der Waals surface area (Å²) in [5.41, 5.74) is 28.3. The average Bonchev–Trinajstić information content (AvgIpc) is 1.52. The maximum Gasteiger partial charge on any atom is 0.235 e. The van der Waals surface area contributed by atoms with Crippen molar-refractivity contribution < 1.29 is 4.42 Å². The van der Waals surface area contributed by atoms with Gasteiger partial charge in [0.05, 0.1) is 50.2 Å². The molecule has 29 aromatic rings. The Bertz CT molecular complexity index is 10100. The number of hydrogen-bond acceptors (Lipinski definition) is 8. The third-order valence-corrected chi connectivity index (χ3v) is 28.8. The van der Waals surface area contributed by atoms with Crippen LogP contribution in [0.25, 0.3) is 293 Å². The third-order valence-electron chi connectivity index (χ3n) is 28.8. The van der Waals surface area contributed by atoms with Gasteiger partial charge >= 0.3 is 0 Å². The van der Waals surface area contributed by atoms with Crippen LogP contribution in [0.4, 0.5) is 0 Å². The molecule has 0 amide bonds. The van der Waals surface area contributed by atoms with Gasteiger partial charge in [-0.05, 0) is 196 Å². The van der Waals surface area contributed by atoms with E-state index >= 15 is 0 Å². The summed E-state index contributed by atoms with van der Waals surface area (Å²) in [6, 6.07) is 170.